The Labute approximate surface area is 152 Å². The first-order valence-electron chi connectivity index (χ1n) is 8.14. The minimum atomic E-state index is 0.0389. The molecule has 0 saturated heterocycles. The summed E-state index contributed by atoms with van der Waals surface area (Å²) in [7, 11) is 0. The Morgan fingerprint density at radius 2 is 1.35 bits per heavy atom. The topological polar surface area (TPSA) is 109 Å². The van der Waals surface area contributed by atoms with Gasteiger partial charge in [-0.25, -0.2) is 0 Å². The third kappa shape index (κ3) is 4.08. The molecule has 0 spiro atoms. The van der Waals surface area contributed by atoms with Crippen LogP contribution in [-0.2, 0) is 6.61 Å². The summed E-state index contributed by atoms with van der Waals surface area (Å²) < 4.78 is 5.81. The van der Waals surface area contributed by atoms with Crippen LogP contribution < -0.4 is 16.2 Å². The normalized spacial score (nSPS) is 10.3. The summed E-state index contributed by atoms with van der Waals surface area (Å²) in [6.45, 7) is 0.430. The highest BCUT2D eigenvalue weighted by atomic mass is 16.5. The molecule has 0 radical (unpaired) electrons. The van der Waals surface area contributed by atoms with Gasteiger partial charge in [0.25, 0.3) is 0 Å². The van der Waals surface area contributed by atoms with Crippen molar-refractivity contribution in [2.75, 3.05) is 0 Å². The molecule has 26 heavy (non-hydrogen) atoms. The molecular formula is C21H20N4O. The van der Waals surface area contributed by atoms with Crippen LogP contribution in [0.4, 0.5) is 0 Å². The number of ether oxygens (including phenoxy) is 1. The fraction of sp³-hybridized carbons (Fsp3) is 0.0476. The van der Waals surface area contributed by atoms with Gasteiger partial charge in [0.1, 0.15) is 24.0 Å². The van der Waals surface area contributed by atoms with E-state index in [0.717, 1.165) is 22.4 Å². The summed E-state index contributed by atoms with van der Waals surface area (Å²) in [4.78, 5) is 0. The van der Waals surface area contributed by atoms with E-state index in [-0.39, 0.29) is 11.7 Å². The zero-order valence-corrected chi connectivity index (χ0v) is 14.2. The van der Waals surface area contributed by atoms with Gasteiger partial charge in [0.2, 0.25) is 0 Å². The average molecular weight is 344 g/mol. The van der Waals surface area contributed by atoms with E-state index in [2.05, 4.69) is 6.07 Å². The first kappa shape index (κ1) is 17.2. The number of nitrogens with two attached hydrogens (primary N) is 2. The molecule has 0 aliphatic rings. The van der Waals surface area contributed by atoms with E-state index in [1.54, 1.807) is 24.3 Å². The molecule has 3 aromatic carbocycles. The van der Waals surface area contributed by atoms with Gasteiger partial charge >= 0.3 is 0 Å². The van der Waals surface area contributed by atoms with Crippen LogP contribution in [0.5, 0.6) is 5.75 Å². The average Bonchev–Trinajstić information content (AvgIpc) is 2.67. The maximum Gasteiger partial charge on any atom is 0.122 e. The lowest BCUT2D eigenvalue weighted by molar-refractivity contribution is 0.306. The molecule has 0 atom stereocenters. The highest BCUT2D eigenvalue weighted by molar-refractivity contribution is 5.96. The van der Waals surface area contributed by atoms with Crippen LogP contribution in [-0.4, -0.2) is 11.7 Å². The second-order valence-electron chi connectivity index (χ2n) is 5.92. The first-order valence-corrected chi connectivity index (χ1v) is 8.14. The molecule has 0 amide bonds. The summed E-state index contributed by atoms with van der Waals surface area (Å²) in [5, 5.41) is 15.0. The van der Waals surface area contributed by atoms with Gasteiger partial charge in [-0.1, -0.05) is 36.4 Å². The Kier molecular flexibility index (Phi) is 4.99. The van der Waals surface area contributed by atoms with Crippen LogP contribution in [0, 0.1) is 10.8 Å². The summed E-state index contributed by atoms with van der Waals surface area (Å²) >= 11 is 0. The zero-order chi connectivity index (χ0) is 18.5. The van der Waals surface area contributed by atoms with Crippen LogP contribution in [0.25, 0.3) is 11.1 Å². The summed E-state index contributed by atoms with van der Waals surface area (Å²) in [6, 6.07) is 22.8. The third-order valence-electron chi connectivity index (χ3n) is 4.00. The van der Waals surface area contributed by atoms with E-state index in [1.807, 2.05) is 42.5 Å². The SMILES string of the molecule is N=C(N)c1ccc(OCc2cccc(-c3cccc(C(=N)N)c3)c2)cc1. The van der Waals surface area contributed by atoms with Crippen molar-refractivity contribution in [1.29, 1.82) is 10.8 Å². The molecule has 3 rings (SSSR count). The molecule has 0 aliphatic heterocycles. The van der Waals surface area contributed by atoms with Gasteiger partial charge in [-0.3, -0.25) is 10.8 Å². The summed E-state index contributed by atoms with van der Waals surface area (Å²) in [6.07, 6.45) is 0. The molecule has 0 saturated carbocycles. The van der Waals surface area contributed by atoms with E-state index in [4.69, 9.17) is 27.0 Å². The Hall–Kier alpha value is -3.60. The highest BCUT2D eigenvalue weighted by Gasteiger charge is 2.04. The smallest absolute Gasteiger partial charge is 0.122 e. The quantitative estimate of drug-likeness (QED) is 0.406. The van der Waals surface area contributed by atoms with Crippen molar-refractivity contribution in [2.24, 2.45) is 11.5 Å². The molecule has 3 aromatic rings. The van der Waals surface area contributed by atoms with Gasteiger partial charge in [-0.2, -0.15) is 0 Å². The molecule has 0 fully saturated rings. The summed E-state index contributed by atoms with van der Waals surface area (Å²) in [5.41, 5.74) is 15.5. The van der Waals surface area contributed by atoms with Crippen molar-refractivity contribution in [3.05, 3.63) is 89.5 Å². The molecular weight excluding hydrogens is 324 g/mol. The molecule has 0 heterocycles. The number of nitrogen functional groups attached to an aromatic ring is 2. The van der Waals surface area contributed by atoms with Crippen LogP contribution in [0.1, 0.15) is 16.7 Å². The number of hydrogen-bond donors (Lipinski definition) is 4. The molecule has 0 bridgehead atoms. The molecule has 0 unspecified atom stereocenters. The largest absolute Gasteiger partial charge is 0.489 e. The van der Waals surface area contributed by atoms with Crippen molar-refractivity contribution in [3.8, 4) is 16.9 Å². The molecule has 130 valence electrons. The minimum absolute atomic E-state index is 0.0389. The van der Waals surface area contributed by atoms with E-state index >= 15 is 0 Å². The fourth-order valence-corrected chi connectivity index (χ4v) is 2.60. The van der Waals surface area contributed by atoms with E-state index in [9.17, 15) is 0 Å². The Morgan fingerprint density at radius 3 is 2.00 bits per heavy atom. The van der Waals surface area contributed by atoms with Crippen LogP contribution >= 0.6 is 0 Å². The Balaban J connectivity index is 1.74. The maximum atomic E-state index is 7.58. The zero-order valence-electron chi connectivity index (χ0n) is 14.2. The molecule has 5 heteroatoms. The van der Waals surface area contributed by atoms with E-state index in [1.165, 1.54) is 0 Å². The van der Waals surface area contributed by atoms with Gasteiger partial charge in [0, 0.05) is 11.1 Å². The van der Waals surface area contributed by atoms with Crippen LogP contribution in [0.3, 0.4) is 0 Å². The predicted molar refractivity (Wildman–Crippen MR) is 105 cm³/mol. The third-order valence-corrected chi connectivity index (χ3v) is 4.00. The lowest BCUT2D eigenvalue weighted by atomic mass is 10.0. The maximum absolute atomic E-state index is 7.58. The van der Waals surface area contributed by atoms with Gasteiger partial charge in [-0.05, 0) is 53.1 Å². The second-order valence-corrected chi connectivity index (χ2v) is 5.92. The van der Waals surface area contributed by atoms with Crippen LogP contribution in [0.15, 0.2) is 72.8 Å². The van der Waals surface area contributed by atoms with Crippen molar-refractivity contribution >= 4 is 11.7 Å². The molecule has 0 aliphatic carbocycles. The number of benzene rings is 3. The van der Waals surface area contributed by atoms with Crippen molar-refractivity contribution < 1.29 is 4.74 Å². The molecule has 5 nitrogen and oxygen atoms in total. The monoisotopic (exact) mass is 344 g/mol. The van der Waals surface area contributed by atoms with Crippen molar-refractivity contribution in [2.45, 2.75) is 6.61 Å². The highest BCUT2D eigenvalue weighted by Crippen LogP contribution is 2.22. The number of nitrogens with one attached hydrogen (secondary N) is 2. The summed E-state index contributed by atoms with van der Waals surface area (Å²) in [5.74, 6) is 0.816. The lowest BCUT2D eigenvalue weighted by Crippen LogP contribution is -2.10. The van der Waals surface area contributed by atoms with Gasteiger partial charge in [-0.15, -0.1) is 0 Å². The second kappa shape index (κ2) is 7.53. The standard InChI is InChI=1S/C21H20N4O/c22-20(23)15-7-9-19(10-8-15)26-13-14-3-1-4-16(11-14)17-5-2-6-18(12-17)21(24)25/h1-12H,13H2,(H3,22,23)(H3,24,25). The lowest BCUT2D eigenvalue weighted by Gasteiger charge is -2.09. The fourth-order valence-electron chi connectivity index (χ4n) is 2.60. The molecule has 6 N–H and O–H groups in total. The van der Waals surface area contributed by atoms with Gasteiger partial charge in [0.15, 0.2) is 0 Å². The molecule has 0 aromatic heterocycles. The van der Waals surface area contributed by atoms with Gasteiger partial charge in [0.05, 0.1) is 0 Å². The van der Waals surface area contributed by atoms with Crippen LogP contribution in [0.2, 0.25) is 0 Å². The van der Waals surface area contributed by atoms with Crippen molar-refractivity contribution in [1.82, 2.24) is 0 Å². The number of amidine groups is 2. The predicted octanol–water partition coefficient (Wildman–Crippen LogP) is 3.50. The number of rotatable bonds is 6. The minimum Gasteiger partial charge on any atom is -0.489 e. The van der Waals surface area contributed by atoms with Crippen molar-refractivity contribution in [3.63, 3.8) is 0 Å². The van der Waals surface area contributed by atoms with E-state index in [0.29, 0.717) is 17.7 Å². The first-order chi connectivity index (χ1) is 12.5. The Morgan fingerprint density at radius 1 is 0.731 bits per heavy atom. The van der Waals surface area contributed by atoms with E-state index < -0.39 is 0 Å². The Bertz CT molecular complexity index is 948. The van der Waals surface area contributed by atoms with Gasteiger partial charge < -0.3 is 16.2 Å². The number of hydrogen-bond acceptors (Lipinski definition) is 3.